The molecule has 0 amide bonds. The van der Waals surface area contributed by atoms with E-state index in [-0.39, 0.29) is 144 Å². The van der Waals surface area contributed by atoms with E-state index in [1.54, 1.807) is 0 Å². The van der Waals surface area contributed by atoms with Crippen molar-refractivity contribution in [3.05, 3.63) is 0 Å². The molecular formula is H24Bi2Mo2O9. The van der Waals surface area contributed by atoms with E-state index in [1.807, 2.05) is 0 Å². The zero-order valence-corrected chi connectivity index (χ0v) is 21.7. The van der Waals surface area contributed by atoms with Gasteiger partial charge in [0.2, 0.25) is 0 Å². The average Bonchev–Trinajstić information content (AvgIpc) is 0. The van der Waals surface area contributed by atoms with Crippen molar-refractivity contribution in [3.8, 4) is 0 Å². The Kier molecular flexibility index (Phi) is 12400. The molecule has 18 N–H and O–H groups in total. The normalized spacial score (nSPS) is 0. The monoisotopic (exact) mass is 782 g/mol. The van der Waals surface area contributed by atoms with E-state index in [0.29, 0.717) is 0 Å². The molecule has 0 aliphatic heterocycles. The van der Waals surface area contributed by atoms with Crippen LogP contribution in [0.1, 0.15) is 0 Å². The Morgan fingerprint density at radius 1 is 0.231 bits per heavy atom. The third kappa shape index (κ3) is 312. The molecule has 0 fully saturated rings. The first-order valence-corrected chi connectivity index (χ1v) is 0. The molecule has 0 saturated carbocycles. The van der Waals surface area contributed by atoms with Gasteiger partial charge in [-0.05, 0) is 0 Å². The fourth-order valence-electron chi connectivity index (χ4n) is 0. The quantitative estimate of drug-likeness (QED) is 0.207. The Bertz CT molecular complexity index is 15.6. The summed E-state index contributed by atoms with van der Waals surface area (Å²) in [5, 5.41) is 0. The number of hydrogen-bond acceptors (Lipinski definition) is 0. The van der Waals surface area contributed by atoms with Gasteiger partial charge in [0.1, 0.15) is 0 Å². The fourth-order valence-corrected chi connectivity index (χ4v) is 0. The van der Waals surface area contributed by atoms with E-state index in [4.69, 9.17) is 0 Å². The molecule has 0 heterocycles. The van der Waals surface area contributed by atoms with Gasteiger partial charge in [-0.2, -0.15) is 0 Å². The summed E-state index contributed by atoms with van der Waals surface area (Å²) in [4.78, 5) is 0. The van der Waals surface area contributed by atoms with Crippen molar-refractivity contribution in [1.82, 2.24) is 0 Å². The molecule has 0 aromatic rings. The van der Waals surface area contributed by atoms with Crippen molar-refractivity contribution in [2.24, 2.45) is 0 Å². The first kappa shape index (κ1) is 445. The Hall–Kier alpha value is 2.78. The molecule has 0 unspecified atom stereocenters. The molecule has 0 bridgehead atoms. The van der Waals surface area contributed by atoms with Gasteiger partial charge in [0.15, 0.2) is 0 Å². The van der Waals surface area contributed by atoms with E-state index >= 15 is 0 Å². The minimum Gasteiger partial charge on any atom is 0 e. The summed E-state index contributed by atoms with van der Waals surface area (Å²) >= 11 is 0. The van der Waals surface area contributed by atoms with Gasteiger partial charge in [0.25, 0.3) is 0 Å². The molecule has 13 heavy (non-hydrogen) atoms. The maximum absolute atomic E-state index is 0. The van der Waals surface area contributed by atoms with Crippen molar-refractivity contribution in [3.63, 3.8) is 0 Å². The third-order valence-corrected chi connectivity index (χ3v) is 0. The Morgan fingerprint density at radius 2 is 0.231 bits per heavy atom. The second-order valence-corrected chi connectivity index (χ2v) is 0. The minimum absolute atomic E-state index is 0. The summed E-state index contributed by atoms with van der Waals surface area (Å²) in [6.45, 7) is 0. The molecule has 0 aliphatic rings. The Morgan fingerprint density at radius 3 is 0.231 bits per heavy atom. The molecule has 0 aromatic heterocycles. The molecule has 0 spiro atoms. The molecular weight excluding hydrogens is 754 g/mol. The van der Waals surface area contributed by atoms with Crippen molar-refractivity contribution in [1.29, 1.82) is 0 Å². The van der Waals surface area contributed by atoms with E-state index in [9.17, 15) is 0 Å². The van der Waals surface area contributed by atoms with Crippen LogP contribution in [0.25, 0.3) is 0 Å². The van der Waals surface area contributed by atoms with Gasteiger partial charge in [-0.25, -0.2) is 0 Å². The summed E-state index contributed by atoms with van der Waals surface area (Å²) in [5.74, 6) is 0. The molecule has 9 nitrogen and oxygen atoms in total. The van der Waals surface area contributed by atoms with Crippen molar-refractivity contribution >= 4 is 52.4 Å². The summed E-state index contributed by atoms with van der Waals surface area (Å²) < 4.78 is 0. The van der Waals surface area contributed by atoms with Gasteiger partial charge in [-0.1, -0.05) is 0 Å². The van der Waals surface area contributed by atoms with Crippen LogP contribution in [0.5, 0.6) is 0 Å². The molecule has 0 radical (unpaired) electrons. The predicted octanol–water partition coefficient (Wildman–Crippen LogP) is -9.80. The van der Waals surface area contributed by atoms with Gasteiger partial charge < -0.3 is 49.3 Å². The van der Waals surface area contributed by atoms with Crippen LogP contribution in [-0.4, -0.2) is 102 Å². The van der Waals surface area contributed by atoms with Crippen LogP contribution >= 0.6 is 0 Å². The minimum atomic E-state index is 0. The SMILES string of the molecule is O.O.O.O.O.O.O.O.O.[BiH3].[BiH3].[Mo].[Mo]. The maximum atomic E-state index is 0. The van der Waals surface area contributed by atoms with Crippen LogP contribution in [0.3, 0.4) is 0 Å². The molecule has 13 heteroatoms. The van der Waals surface area contributed by atoms with E-state index in [2.05, 4.69) is 0 Å². The summed E-state index contributed by atoms with van der Waals surface area (Å²) in [6.07, 6.45) is 0. The summed E-state index contributed by atoms with van der Waals surface area (Å²) in [7, 11) is 0. The molecule has 100 valence electrons. The van der Waals surface area contributed by atoms with Crippen molar-refractivity contribution < 1.29 is 91.4 Å². The number of rotatable bonds is 0. The zero-order valence-electron chi connectivity index (χ0n) is 6.73. The van der Waals surface area contributed by atoms with Crippen LogP contribution in [0.15, 0.2) is 0 Å². The molecule has 0 rings (SSSR count). The maximum Gasteiger partial charge on any atom is 0 e. The second-order valence-electron chi connectivity index (χ2n) is 0. The van der Waals surface area contributed by atoms with Gasteiger partial charge in [-0.3, -0.25) is 0 Å². The van der Waals surface area contributed by atoms with E-state index < -0.39 is 0 Å². The standard InChI is InChI=1S/2Bi.2Mo.9H2O.6H/h;;;;9*1H2;;;;;;. The molecule has 0 aliphatic carbocycles. The van der Waals surface area contributed by atoms with Gasteiger partial charge in [0.05, 0.1) is 0 Å². The second kappa shape index (κ2) is 363. The molecule has 0 saturated heterocycles. The largest absolute Gasteiger partial charge is 0 e. The van der Waals surface area contributed by atoms with E-state index in [0.717, 1.165) is 0 Å². The smallest absolute Gasteiger partial charge is 0 e. The summed E-state index contributed by atoms with van der Waals surface area (Å²) in [5.41, 5.74) is 0. The zero-order chi connectivity index (χ0) is 0. The Balaban J connectivity index is 0. The number of hydrogen-bond donors (Lipinski definition) is 0. The fraction of sp³-hybridized carbons (Fsp3) is 0. The molecule has 0 aromatic carbocycles. The third-order valence-electron chi connectivity index (χ3n) is 0. The van der Waals surface area contributed by atoms with Crippen molar-refractivity contribution in [2.45, 2.75) is 0 Å². The van der Waals surface area contributed by atoms with Gasteiger partial charge in [-0.15, -0.1) is 0 Å². The van der Waals surface area contributed by atoms with Gasteiger partial charge in [0, 0.05) is 42.1 Å². The molecule has 0 atom stereocenters. The topological polar surface area (TPSA) is 284 Å². The van der Waals surface area contributed by atoms with Crippen LogP contribution < -0.4 is 0 Å². The van der Waals surface area contributed by atoms with Gasteiger partial charge >= 0.3 is 52.4 Å². The Labute approximate surface area is 142 Å². The van der Waals surface area contributed by atoms with Crippen LogP contribution in [-0.2, 0) is 42.1 Å². The first-order chi connectivity index (χ1) is 0. The van der Waals surface area contributed by atoms with Crippen LogP contribution in [0, 0.1) is 0 Å². The predicted molar refractivity (Wildman–Crippen MR) is 52.4 cm³/mol. The van der Waals surface area contributed by atoms with Crippen LogP contribution in [0.2, 0.25) is 0 Å². The first-order valence-electron chi connectivity index (χ1n) is 0. The van der Waals surface area contributed by atoms with Crippen molar-refractivity contribution in [2.75, 3.05) is 0 Å². The van der Waals surface area contributed by atoms with Crippen LogP contribution in [0.4, 0.5) is 0 Å². The van der Waals surface area contributed by atoms with E-state index in [1.165, 1.54) is 0 Å². The average molecular weight is 778 g/mol. The summed E-state index contributed by atoms with van der Waals surface area (Å²) in [6, 6.07) is 0.